The molecule has 0 saturated heterocycles. The summed E-state index contributed by atoms with van der Waals surface area (Å²) in [5, 5.41) is 6.25. The Balaban J connectivity index is 1.91. The first-order valence-corrected chi connectivity index (χ1v) is 7.37. The average molecular weight is 282 g/mol. The highest BCUT2D eigenvalue weighted by Crippen LogP contribution is 2.10. The van der Waals surface area contributed by atoms with E-state index in [-0.39, 0.29) is 11.9 Å². The number of anilines is 1. The Kier molecular flexibility index (Phi) is 5.38. The summed E-state index contributed by atoms with van der Waals surface area (Å²) in [6.07, 6.45) is 0.835. The van der Waals surface area contributed by atoms with Gasteiger partial charge >= 0.3 is 0 Å². The lowest BCUT2D eigenvalue weighted by molar-refractivity contribution is 0.0940. The molecule has 0 radical (unpaired) electrons. The van der Waals surface area contributed by atoms with Gasteiger partial charge in [-0.25, -0.2) is 0 Å². The molecule has 2 rings (SSSR count). The Bertz CT molecular complexity index is 564. The third-order valence-corrected chi connectivity index (χ3v) is 3.29. The minimum Gasteiger partial charge on any atom is -0.385 e. The first-order valence-electron chi connectivity index (χ1n) is 7.37. The lowest BCUT2D eigenvalue weighted by atomic mass is 10.1. The van der Waals surface area contributed by atoms with Crippen LogP contribution in [0.15, 0.2) is 54.6 Å². The first kappa shape index (κ1) is 15.1. The molecule has 0 aliphatic carbocycles. The van der Waals surface area contributed by atoms with Crippen LogP contribution in [0.1, 0.15) is 29.8 Å². The largest absolute Gasteiger partial charge is 0.385 e. The second-order valence-corrected chi connectivity index (χ2v) is 5.17. The minimum atomic E-state index is -0.0264. The molecule has 1 unspecified atom stereocenters. The fraction of sp³-hybridized carbons (Fsp3) is 0.278. The fourth-order valence-corrected chi connectivity index (χ4v) is 2.27. The molecule has 110 valence electrons. The first-order chi connectivity index (χ1) is 10.2. The van der Waals surface area contributed by atoms with E-state index in [4.69, 9.17) is 0 Å². The van der Waals surface area contributed by atoms with Gasteiger partial charge in [-0.05, 0) is 50.1 Å². The predicted molar refractivity (Wildman–Crippen MR) is 87.7 cm³/mol. The van der Waals surface area contributed by atoms with Crippen molar-refractivity contribution in [1.29, 1.82) is 0 Å². The average Bonchev–Trinajstić information content (AvgIpc) is 2.49. The Morgan fingerprint density at radius 1 is 1.05 bits per heavy atom. The van der Waals surface area contributed by atoms with Crippen LogP contribution in [-0.2, 0) is 6.42 Å². The Hall–Kier alpha value is -2.29. The molecule has 2 aromatic carbocycles. The molecule has 3 nitrogen and oxygen atoms in total. The van der Waals surface area contributed by atoms with Gasteiger partial charge < -0.3 is 10.6 Å². The summed E-state index contributed by atoms with van der Waals surface area (Å²) >= 11 is 0. The van der Waals surface area contributed by atoms with Crippen LogP contribution < -0.4 is 10.6 Å². The molecule has 1 amide bonds. The van der Waals surface area contributed by atoms with Crippen LogP contribution in [0.2, 0.25) is 0 Å². The van der Waals surface area contributed by atoms with Crippen molar-refractivity contribution in [2.75, 3.05) is 11.9 Å². The van der Waals surface area contributed by atoms with Crippen molar-refractivity contribution in [1.82, 2.24) is 5.32 Å². The molecule has 0 fully saturated rings. The molecule has 2 N–H and O–H groups in total. The quantitative estimate of drug-likeness (QED) is 0.851. The van der Waals surface area contributed by atoms with E-state index in [9.17, 15) is 4.79 Å². The second kappa shape index (κ2) is 7.48. The van der Waals surface area contributed by atoms with Gasteiger partial charge in [0.25, 0.3) is 5.91 Å². The molecule has 0 saturated carbocycles. The van der Waals surface area contributed by atoms with E-state index < -0.39 is 0 Å². The topological polar surface area (TPSA) is 41.1 Å². The van der Waals surface area contributed by atoms with Crippen molar-refractivity contribution >= 4 is 11.6 Å². The third kappa shape index (κ3) is 4.63. The second-order valence-electron chi connectivity index (χ2n) is 5.17. The standard InChI is InChI=1S/C18H22N2O/c1-3-19-17-11-9-16(10-12-17)18(21)20-14(2)13-15-7-5-4-6-8-15/h4-12,14,19H,3,13H2,1-2H3,(H,20,21). The van der Waals surface area contributed by atoms with E-state index in [0.29, 0.717) is 5.56 Å². The van der Waals surface area contributed by atoms with Crippen LogP contribution >= 0.6 is 0 Å². The zero-order chi connectivity index (χ0) is 15.1. The monoisotopic (exact) mass is 282 g/mol. The van der Waals surface area contributed by atoms with E-state index in [1.165, 1.54) is 5.56 Å². The molecule has 0 spiro atoms. The summed E-state index contributed by atoms with van der Waals surface area (Å²) in [5.74, 6) is -0.0264. The normalized spacial score (nSPS) is 11.7. The minimum absolute atomic E-state index is 0.0264. The highest BCUT2D eigenvalue weighted by atomic mass is 16.1. The number of benzene rings is 2. The van der Waals surface area contributed by atoms with Gasteiger partial charge in [0.1, 0.15) is 0 Å². The summed E-state index contributed by atoms with van der Waals surface area (Å²) < 4.78 is 0. The molecule has 1 atom stereocenters. The molecule has 21 heavy (non-hydrogen) atoms. The van der Waals surface area contributed by atoms with E-state index in [2.05, 4.69) is 22.8 Å². The van der Waals surface area contributed by atoms with Gasteiger partial charge in [-0.15, -0.1) is 0 Å². The summed E-state index contributed by atoms with van der Waals surface area (Å²) in [4.78, 5) is 12.2. The Morgan fingerprint density at radius 2 is 1.71 bits per heavy atom. The Labute approximate surface area is 126 Å². The number of nitrogens with one attached hydrogen (secondary N) is 2. The maximum Gasteiger partial charge on any atom is 0.251 e. The van der Waals surface area contributed by atoms with Crippen LogP contribution in [0.3, 0.4) is 0 Å². The molecule has 0 aliphatic heterocycles. The number of carbonyl (C=O) groups is 1. The fourth-order valence-electron chi connectivity index (χ4n) is 2.27. The van der Waals surface area contributed by atoms with Crippen molar-refractivity contribution in [3.05, 3.63) is 65.7 Å². The maximum absolute atomic E-state index is 12.2. The van der Waals surface area contributed by atoms with Gasteiger partial charge in [0.05, 0.1) is 0 Å². The van der Waals surface area contributed by atoms with Gasteiger partial charge in [0.15, 0.2) is 0 Å². The van der Waals surface area contributed by atoms with Crippen molar-refractivity contribution in [2.45, 2.75) is 26.3 Å². The summed E-state index contributed by atoms with van der Waals surface area (Å²) in [5.41, 5.74) is 2.95. The lowest BCUT2D eigenvalue weighted by Crippen LogP contribution is -2.34. The van der Waals surface area contributed by atoms with Gasteiger partial charge in [-0.3, -0.25) is 4.79 Å². The molecule has 3 heteroatoms. The number of hydrogen-bond donors (Lipinski definition) is 2. The van der Waals surface area contributed by atoms with Gasteiger partial charge in [-0.1, -0.05) is 30.3 Å². The Morgan fingerprint density at radius 3 is 2.33 bits per heavy atom. The predicted octanol–water partition coefficient (Wildman–Crippen LogP) is 3.48. The van der Waals surface area contributed by atoms with Crippen molar-refractivity contribution < 1.29 is 4.79 Å². The van der Waals surface area contributed by atoms with Crippen LogP contribution in [0.5, 0.6) is 0 Å². The van der Waals surface area contributed by atoms with Gasteiger partial charge in [0.2, 0.25) is 0 Å². The van der Waals surface area contributed by atoms with Crippen LogP contribution in [-0.4, -0.2) is 18.5 Å². The van der Waals surface area contributed by atoms with E-state index >= 15 is 0 Å². The molecule has 0 bridgehead atoms. The van der Waals surface area contributed by atoms with Crippen LogP contribution in [0, 0.1) is 0 Å². The van der Waals surface area contributed by atoms with Crippen molar-refractivity contribution in [3.63, 3.8) is 0 Å². The molecular formula is C18H22N2O. The number of hydrogen-bond acceptors (Lipinski definition) is 2. The summed E-state index contributed by atoms with van der Waals surface area (Å²) in [6, 6.07) is 17.9. The zero-order valence-electron chi connectivity index (χ0n) is 12.6. The van der Waals surface area contributed by atoms with Crippen molar-refractivity contribution in [3.8, 4) is 0 Å². The smallest absolute Gasteiger partial charge is 0.251 e. The number of amides is 1. The van der Waals surface area contributed by atoms with Crippen molar-refractivity contribution in [2.24, 2.45) is 0 Å². The highest BCUT2D eigenvalue weighted by Gasteiger charge is 2.10. The highest BCUT2D eigenvalue weighted by molar-refractivity contribution is 5.94. The number of carbonyl (C=O) groups excluding carboxylic acids is 1. The molecule has 0 aliphatic rings. The molecule has 2 aromatic rings. The third-order valence-electron chi connectivity index (χ3n) is 3.29. The van der Waals surface area contributed by atoms with Gasteiger partial charge in [0, 0.05) is 23.8 Å². The number of rotatable bonds is 6. The van der Waals surface area contributed by atoms with Crippen LogP contribution in [0.4, 0.5) is 5.69 Å². The van der Waals surface area contributed by atoms with Gasteiger partial charge in [-0.2, -0.15) is 0 Å². The molecule has 0 aromatic heterocycles. The zero-order valence-corrected chi connectivity index (χ0v) is 12.6. The van der Waals surface area contributed by atoms with E-state index in [1.54, 1.807) is 0 Å². The lowest BCUT2D eigenvalue weighted by Gasteiger charge is -2.14. The SMILES string of the molecule is CCNc1ccc(C(=O)NC(C)Cc2ccccc2)cc1. The van der Waals surface area contributed by atoms with E-state index in [1.807, 2.05) is 56.3 Å². The van der Waals surface area contributed by atoms with E-state index in [0.717, 1.165) is 18.7 Å². The molecule has 0 heterocycles. The van der Waals surface area contributed by atoms with Crippen LogP contribution in [0.25, 0.3) is 0 Å². The molecular weight excluding hydrogens is 260 g/mol. The summed E-state index contributed by atoms with van der Waals surface area (Å²) in [7, 11) is 0. The summed E-state index contributed by atoms with van der Waals surface area (Å²) in [6.45, 7) is 4.95. The maximum atomic E-state index is 12.2.